The maximum Gasteiger partial charge on any atom is 0.119 e. The minimum atomic E-state index is 0.854. The number of rotatable bonds is 2. The lowest BCUT2D eigenvalue weighted by Crippen LogP contribution is -1.91. The van der Waals surface area contributed by atoms with Crippen molar-refractivity contribution in [3.8, 4) is 17.0 Å². The van der Waals surface area contributed by atoms with Crippen LogP contribution in [0.25, 0.3) is 22.2 Å². The Kier molecular flexibility index (Phi) is 2.92. The van der Waals surface area contributed by atoms with Crippen LogP contribution in [0, 0.1) is 6.92 Å². The van der Waals surface area contributed by atoms with E-state index < -0.39 is 0 Å². The average molecular weight is 249 g/mol. The molecule has 94 valence electrons. The molecule has 0 N–H and O–H groups in total. The first-order valence-electron chi connectivity index (χ1n) is 6.29. The van der Waals surface area contributed by atoms with Gasteiger partial charge in [0.05, 0.1) is 18.3 Å². The maximum absolute atomic E-state index is 5.28. The summed E-state index contributed by atoms with van der Waals surface area (Å²) < 4.78 is 5.28. The van der Waals surface area contributed by atoms with Crippen LogP contribution in [0.4, 0.5) is 0 Å². The molecule has 0 bridgehead atoms. The van der Waals surface area contributed by atoms with Gasteiger partial charge in [-0.1, -0.05) is 30.3 Å². The van der Waals surface area contributed by atoms with Crippen LogP contribution in [0.3, 0.4) is 0 Å². The second-order valence-corrected chi connectivity index (χ2v) is 4.58. The number of fused-ring (bicyclic) bond motifs is 1. The molecule has 2 nitrogen and oxygen atoms in total. The molecule has 0 atom stereocenters. The van der Waals surface area contributed by atoms with E-state index in [9.17, 15) is 0 Å². The molecule has 0 aliphatic rings. The average Bonchev–Trinajstić information content (AvgIpc) is 2.46. The largest absolute Gasteiger partial charge is 0.497 e. The van der Waals surface area contributed by atoms with Crippen LogP contribution in [0.5, 0.6) is 5.75 Å². The van der Waals surface area contributed by atoms with Crippen LogP contribution in [0.15, 0.2) is 54.6 Å². The third-order valence-corrected chi connectivity index (χ3v) is 3.26. The Bertz CT molecular complexity index is 734. The zero-order valence-corrected chi connectivity index (χ0v) is 11.1. The number of benzene rings is 2. The number of hydrogen-bond donors (Lipinski definition) is 0. The summed E-state index contributed by atoms with van der Waals surface area (Å²) in [6.45, 7) is 2.09. The van der Waals surface area contributed by atoms with E-state index in [1.165, 1.54) is 10.9 Å². The molecule has 0 saturated heterocycles. The van der Waals surface area contributed by atoms with E-state index in [1.54, 1.807) is 7.11 Å². The Balaban J connectivity index is 2.20. The van der Waals surface area contributed by atoms with Gasteiger partial charge in [-0.15, -0.1) is 0 Å². The second-order valence-electron chi connectivity index (χ2n) is 4.58. The van der Waals surface area contributed by atoms with Crippen molar-refractivity contribution in [3.05, 3.63) is 60.2 Å². The summed E-state index contributed by atoms with van der Waals surface area (Å²) in [4.78, 5) is 4.76. The smallest absolute Gasteiger partial charge is 0.119 e. The predicted octanol–water partition coefficient (Wildman–Crippen LogP) is 4.22. The Morgan fingerprint density at radius 3 is 2.63 bits per heavy atom. The van der Waals surface area contributed by atoms with Crippen LogP contribution in [0.2, 0.25) is 0 Å². The minimum Gasteiger partial charge on any atom is -0.497 e. The number of hydrogen-bond acceptors (Lipinski definition) is 2. The van der Waals surface area contributed by atoms with Crippen molar-refractivity contribution in [2.45, 2.75) is 6.92 Å². The second kappa shape index (κ2) is 4.73. The van der Waals surface area contributed by atoms with Crippen molar-refractivity contribution in [1.29, 1.82) is 0 Å². The van der Waals surface area contributed by atoms with Crippen LogP contribution in [0.1, 0.15) is 5.56 Å². The SMILES string of the molecule is COc1cccc(-c2nc3ccccc3cc2C)c1. The standard InChI is InChI=1S/C17H15NO/c1-12-10-13-6-3-4-9-16(13)18-17(12)14-7-5-8-15(11-14)19-2/h3-11H,1-2H3. The normalized spacial score (nSPS) is 10.6. The summed E-state index contributed by atoms with van der Waals surface area (Å²) >= 11 is 0. The number of ether oxygens (including phenoxy) is 1. The molecule has 19 heavy (non-hydrogen) atoms. The quantitative estimate of drug-likeness (QED) is 0.678. The molecule has 3 aromatic rings. The van der Waals surface area contributed by atoms with Crippen LogP contribution >= 0.6 is 0 Å². The number of aromatic nitrogens is 1. The van der Waals surface area contributed by atoms with E-state index in [2.05, 4.69) is 25.1 Å². The molecule has 3 rings (SSSR count). The van der Waals surface area contributed by atoms with E-state index >= 15 is 0 Å². The molecule has 0 aliphatic carbocycles. The molecule has 0 spiro atoms. The van der Waals surface area contributed by atoms with Gasteiger partial charge >= 0.3 is 0 Å². The summed E-state index contributed by atoms with van der Waals surface area (Å²) in [7, 11) is 1.68. The first-order chi connectivity index (χ1) is 9.28. The highest BCUT2D eigenvalue weighted by atomic mass is 16.5. The van der Waals surface area contributed by atoms with Gasteiger partial charge in [0, 0.05) is 10.9 Å². The molecule has 2 heteroatoms. The Labute approximate surface area is 112 Å². The van der Waals surface area contributed by atoms with Gasteiger partial charge in [0.25, 0.3) is 0 Å². The topological polar surface area (TPSA) is 22.1 Å². The van der Waals surface area contributed by atoms with Gasteiger partial charge in [0.1, 0.15) is 5.75 Å². The number of pyridine rings is 1. The first kappa shape index (κ1) is 11.7. The predicted molar refractivity (Wildman–Crippen MR) is 78.5 cm³/mol. The Hall–Kier alpha value is -2.35. The highest BCUT2D eigenvalue weighted by molar-refractivity contribution is 5.83. The van der Waals surface area contributed by atoms with E-state index in [0.29, 0.717) is 0 Å². The van der Waals surface area contributed by atoms with Crippen molar-refractivity contribution in [2.75, 3.05) is 7.11 Å². The number of nitrogens with zero attached hydrogens (tertiary/aromatic N) is 1. The molecule has 1 aromatic heterocycles. The monoisotopic (exact) mass is 249 g/mol. The molecule has 0 amide bonds. The number of para-hydroxylation sites is 1. The maximum atomic E-state index is 5.28. The highest BCUT2D eigenvalue weighted by Gasteiger charge is 2.06. The van der Waals surface area contributed by atoms with E-state index in [-0.39, 0.29) is 0 Å². The summed E-state index contributed by atoms with van der Waals surface area (Å²) in [5, 5.41) is 1.17. The fraction of sp³-hybridized carbons (Fsp3) is 0.118. The van der Waals surface area contributed by atoms with Gasteiger partial charge in [-0.25, -0.2) is 4.98 Å². The van der Waals surface area contributed by atoms with Gasteiger partial charge < -0.3 is 4.74 Å². The fourth-order valence-corrected chi connectivity index (χ4v) is 2.28. The molecule has 1 heterocycles. The summed E-state index contributed by atoms with van der Waals surface area (Å²) in [6.07, 6.45) is 0. The van der Waals surface area contributed by atoms with Crippen molar-refractivity contribution in [2.24, 2.45) is 0 Å². The van der Waals surface area contributed by atoms with E-state index in [0.717, 1.165) is 22.5 Å². The highest BCUT2D eigenvalue weighted by Crippen LogP contribution is 2.27. The third kappa shape index (κ3) is 2.17. The zero-order chi connectivity index (χ0) is 13.2. The molecule has 2 aromatic carbocycles. The van der Waals surface area contributed by atoms with Crippen molar-refractivity contribution in [3.63, 3.8) is 0 Å². The van der Waals surface area contributed by atoms with E-state index in [4.69, 9.17) is 9.72 Å². The fourth-order valence-electron chi connectivity index (χ4n) is 2.28. The summed E-state index contributed by atoms with van der Waals surface area (Å²) in [5.41, 5.74) is 4.29. The van der Waals surface area contributed by atoms with Crippen LogP contribution in [-0.2, 0) is 0 Å². The van der Waals surface area contributed by atoms with Crippen molar-refractivity contribution >= 4 is 10.9 Å². The van der Waals surface area contributed by atoms with Crippen molar-refractivity contribution in [1.82, 2.24) is 4.98 Å². The Morgan fingerprint density at radius 1 is 0.947 bits per heavy atom. The van der Waals surface area contributed by atoms with E-state index in [1.807, 2.05) is 36.4 Å². The lowest BCUT2D eigenvalue weighted by molar-refractivity contribution is 0.415. The van der Waals surface area contributed by atoms with Crippen LogP contribution in [-0.4, -0.2) is 12.1 Å². The third-order valence-electron chi connectivity index (χ3n) is 3.26. The van der Waals surface area contributed by atoms with Crippen LogP contribution < -0.4 is 4.74 Å². The molecule has 0 radical (unpaired) electrons. The molecule has 0 aliphatic heterocycles. The molecular weight excluding hydrogens is 234 g/mol. The number of methoxy groups -OCH3 is 1. The lowest BCUT2D eigenvalue weighted by Gasteiger charge is -2.09. The lowest BCUT2D eigenvalue weighted by atomic mass is 10.0. The molecule has 0 saturated carbocycles. The molecule has 0 fully saturated rings. The Morgan fingerprint density at radius 2 is 1.79 bits per heavy atom. The number of aryl methyl sites for hydroxylation is 1. The van der Waals surface area contributed by atoms with Gasteiger partial charge in [0.2, 0.25) is 0 Å². The molecular formula is C17H15NO. The minimum absolute atomic E-state index is 0.854. The zero-order valence-electron chi connectivity index (χ0n) is 11.1. The first-order valence-corrected chi connectivity index (χ1v) is 6.29. The summed E-state index contributed by atoms with van der Waals surface area (Å²) in [5.74, 6) is 0.854. The van der Waals surface area contributed by atoms with Gasteiger partial charge in [-0.2, -0.15) is 0 Å². The van der Waals surface area contributed by atoms with Crippen molar-refractivity contribution < 1.29 is 4.74 Å². The van der Waals surface area contributed by atoms with Gasteiger partial charge in [-0.05, 0) is 36.8 Å². The van der Waals surface area contributed by atoms with Gasteiger partial charge in [-0.3, -0.25) is 0 Å². The van der Waals surface area contributed by atoms with Gasteiger partial charge in [0.15, 0.2) is 0 Å². The summed E-state index contributed by atoms with van der Waals surface area (Å²) in [6, 6.07) is 18.4. The molecule has 0 unspecified atom stereocenters.